The summed E-state index contributed by atoms with van der Waals surface area (Å²) in [5.41, 5.74) is 5.02. The number of para-hydroxylation sites is 1. The zero-order chi connectivity index (χ0) is 22.2. The monoisotopic (exact) mass is 422 g/mol. The predicted molar refractivity (Wildman–Crippen MR) is 130 cm³/mol. The fourth-order valence-corrected chi connectivity index (χ4v) is 3.72. The summed E-state index contributed by atoms with van der Waals surface area (Å²) in [7, 11) is 1.65. The summed E-state index contributed by atoms with van der Waals surface area (Å²) in [6, 6.07) is 35.8. The third kappa shape index (κ3) is 5.23. The van der Waals surface area contributed by atoms with E-state index in [0.29, 0.717) is 0 Å². The van der Waals surface area contributed by atoms with Gasteiger partial charge in [-0.3, -0.25) is 10.1 Å². The van der Waals surface area contributed by atoms with Gasteiger partial charge in [0, 0.05) is 11.3 Å². The third-order valence-corrected chi connectivity index (χ3v) is 5.33. The van der Waals surface area contributed by atoms with Gasteiger partial charge < -0.3 is 10.1 Å². The van der Waals surface area contributed by atoms with E-state index in [9.17, 15) is 4.79 Å². The minimum atomic E-state index is -0.114. The molecule has 0 aliphatic heterocycles. The number of carbonyl (C=O) groups is 1. The van der Waals surface area contributed by atoms with Crippen LogP contribution in [0.5, 0.6) is 5.75 Å². The molecule has 0 heterocycles. The minimum Gasteiger partial charge on any atom is -0.497 e. The summed E-state index contributed by atoms with van der Waals surface area (Å²) in [6.45, 7) is 0.175. The maximum Gasteiger partial charge on any atom is 0.238 e. The van der Waals surface area contributed by atoms with E-state index in [2.05, 4.69) is 22.8 Å². The highest BCUT2D eigenvalue weighted by Gasteiger charge is 2.16. The molecule has 0 aliphatic carbocycles. The molecule has 0 aromatic heterocycles. The Bertz CT molecular complexity index is 1140. The summed E-state index contributed by atoms with van der Waals surface area (Å²) in [4.78, 5) is 12.9. The van der Waals surface area contributed by atoms with E-state index < -0.39 is 0 Å². The maximum absolute atomic E-state index is 12.9. The smallest absolute Gasteiger partial charge is 0.238 e. The average Bonchev–Trinajstić information content (AvgIpc) is 2.86. The molecule has 1 amide bonds. The van der Waals surface area contributed by atoms with Crippen molar-refractivity contribution in [3.8, 4) is 16.9 Å². The van der Waals surface area contributed by atoms with E-state index in [1.807, 2.05) is 97.1 Å². The Morgan fingerprint density at radius 2 is 1.34 bits per heavy atom. The van der Waals surface area contributed by atoms with Crippen molar-refractivity contribution in [1.82, 2.24) is 5.32 Å². The lowest BCUT2D eigenvalue weighted by Crippen LogP contribution is -2.32. The fraction of sp³-hybridized carbons (Fsp3) is 0.107. The summed E-state index contributed by atoms with van der Waals surface area (Å²) in [5, 5.41) is 6.48. The van der Waals surface area contributed by atoms with Crippen molar-refractivity contribution in [2.24, 2.45) is 0 Å². The quantitative estimate of drug-likeness (QED) is 0.384. The molecule has 0 radical (unpaired) electrons. The van der Waals surface area contributed by atoms with Crippen LogP contribution in [0.3, 0.4) is 0 Å². The van der Waals surface area contributed by atoms with Crippen molar-refractivity contribution in [2.45, 2.75) is 6.04 Å². The number of methoxy groups -OCH3 is 1. The standard InChI is InChI=1S/C28H26N2O2/c1-32-24-18-16-23(17-19-24)28(22-12-6-3-7-13-22)29-20-27(31)30-26-15-9-8-14-25(26)21-10-4-2-5-11-21/h2-19,28-29H,20H2,1H3,(H,30,31)/t28-/m0/s1. The molecule has 0 spiro atoms. The van der Waals surface area contributed by atoms with Crippen LogP contribution in [0.25, 0.3) is 11.1 Å². The lowest BCUT2D eigenvalue weighted by atomic mass is 9.98. The average molecular weight is 423 g/mol. The summed E-state index contributed by atoms with van der Waals surface area (Å²) in [6.07, 6.45) is 0. The molecule has 4 heteroatoms. The van der Waals surface area contributed by atoms with Gasteiger partial charge >= 0.3 is 0 Å². The van der Waals surface area contributed by atoms with E-state index >= 15 is 0 Å². The first-order chi connectivity index (χ1) is 15.7. The van der Waals surface area contributed by atoms with Gasteiger partial charge in [-0.15, -0.1) is 0 Å². The Morgan fingerprint density at radius 3 is 2.03 bits per heavy atom. The molecule has 0 fully saturated rings. The van der Waals surface area contributed by atoms with Crippen LogP contribution >= 0.6 is 0 Å². The first-order valence-electron chi connectivity index (χ1n) is 10.6. The third-order valence-electron chi connectivity index (χ3n) is 5.33. The number of carbonyl (C=O) groups excluding carboxylic acids is 1. The van der Waals surface area contributed by atoms with E-state index in [1.54, 1.807) is 7.11 Å². The SMILES string of the molecule is COc1ccc([C@@H](NCC(=O)Nc2ccccc2-c2ccccc2)c2ccccc2)cc1. The molecule has 160 valence electrons. The second-order valence-electron chi connectivity index (χ2n) is 7.46. The van der Waals surface area contributed by atoms with Crippen molar-refractivity contribution in [3.05, 3.63) is 120 Å². The minimum absolute atomic E-state index is 0.0946. The Balaban J connectivity index is 1.50. The zero-order valence-electron chi connectivity index (χ0n) is 18.0. The molecular weight excluding hydrogens is 396 g/mol. The Morgan fingerprint density at radius 1 is 0.750 bits per heavy atom. The topological polar surface area (TPSA) is 50.4 Å². The van der Waals surface area contributed by atoms with Gasteiger partial charge in [0.15, 0.2) is 0 Å². The van der Waals surface area contributed by atoms with Gasteiger partial charge in [-0.2, -0.15) is 0 Å². The molecule has 4 aromatic carbocycles. The van der Waals surface area contributed by atoms with Gasteiger partial charge in [0.25, 0.3) is 0 Å². The van der Waals surface area contributed by atoms with Crippen molar-refractivity contribution in [2.75, 3.05) is 19.0 Å². The number of hydrogen-bond acceptors (Lipinski definition) is 3. The molecule has 0 saturated heterocycles. The van der Waals surface area contributed by atoms with E-state index in [-0.39, 0.29) is 18.5 Å². The number of hydrogen-bond donors (Lipinski definition) is 2. The molecule has 0 aliphatic rings. The fourth-order valence-electron chi connectivity index (χ4n) is 3.72. The Kier molecular flexibility index (Phi) is 6.95. The van der Waals surface area contributed by atoms with Crippen LogP contribution in [0.4, 0.5) is 5.69 Å². The van der Waals surface area contributed by atoms with Gasteiger partial charge in [-0.05, 0) is 34.9 Å². The highest BCUT2D eigenvalue weighted by atomic mass is 16.5. The van der Waals surface area contributed by atoms with Gasteiger partial charge in [0.05, 0.1) is 19.7 Å². The number of rotatable bonds is 8. The van der Waals surface area contributed by atoms with Crippen molar-refractivity contribution >= 4 is 11.6 Å². The molecule has 0 saturated carbocycles. The summed E-state index contributed by atoms with van der Waals surface area (Å²) >= 11 is 0. The van der Waals surface area contributed by atoms with Crippen molar-refractivity contribution < 1.29 is 9.53 Å². The van der Waals surface area contributed by atoms with Crippen LogP contribution in [0.1, 0.15) is 17.2 Å². The molecule has 2 N–H and O–H groups in total. The van der Waals surface area contributed by atoms with Crippen LogP contribution in [0.2, 0.25) is 0 Å². The summed E-state index contributed by atoms with van der Waals surface area (Å²) in [5.74, 6) is 0.707. The van der Waals surface area contributed by atoms with Crippen molar-refractivity contribution in [3.63, 3.8) is 0 Å². The van der Waals surface area contributed by atoms with Crippen LogP contribution in [-0.2, 0) is 4.79 Å². The lowest BCUT2D eigenvalue weighted by molar-refractivity contribution is -0.115. The number of anilines is 1. The second-order valence-corrected chi connectivity index (χ2v) is 7.46. The normalized spacial score (nSPS) is 11.5. The molecule has 4 rings (SSSR count). The van der Waals surface area contributed by atoms with E-state index in [1.165, 1.54) is 0 Å². The van der Waals surface area contributed by atoms with Gasteiger partial charge in [-0.25, -0.2) is 0 Å². The molecule has 0 unspecified atom stereocenters. The van der Waals surface area contributed by atoms with Crippen LogP contribution in [-0.4, -0.2) is 19.6 Å². The zero-order valence-corrected chi connectivity index (χ0v) is 18.0. The second kappa shape index (κ2) is 10.4. The number of ether oxygens (including phenoxy) is 1. The van der Waals surface area contributed by atoms with E-state index in [0.717, 1.165) is 33.7 Å². The van der Waals surface area contributed by atoms with Crippen LogP contribution < -0.4 is 15.4 Å². The first kappa shape index (κ1) is 21.3. The maximum atomic E-state index is 12.9. The van der Waals surface area contributed by atoms with Gasteiger partial charge in [0.1, 0.15) is 5.75 Å². The first-order valence-corrected chi connectivity index (χ1v) is 10.6. The largest absolute Gasteiger partial charge is 0.497 e. The van der Waals surface area contributed by atoms with Crippen molar-refractivity contribution in [1.29, 1.82) is 0 Å². The highest BCUT2D eigenvalue weighted by Crippen LogP contribution is 2.28. The van der Waals surface area contributed by atoms with Crippen LogP contribution in [0.15, 0.2) is 109 Å². The molecule has 0 bridgehead atoms. The Hall–Kier alpha value is -3.89. The molecule has 1 atom stereocenters. The molecule has 4 aromatic rings. The predicted octanol–water partition coefficient (Wildman–Crippen LogP) is 5.68. The highest BCUT2D eigenvalue weighted by molar-refractivity contribution is 5.96. The Labute approximate surface area is 188 Å². The lowest BCUT2D eigenvalue weighted by Gasteiger charge is -2.20. The van der Waals surface area contributed by atoms with Crippen LogP contribution in [0, 0.1) is 0 Å². The van der Waals surface area contributed by atoms with E-state index in [4.69, 9.17) is 4.74 Å². The number of benzene rings is 4. The molecule has 32 heavy (non-hydrogen) atoms. The molecule has 4 nitrogen and oxygen atoms in total. The van der Waals surface area contributed by atoms with Gasteiger partial charge in [-0.1, -0.05) is 91.0 Å². The molecular formula is C28H26N2O2. The number of nitrogens with one attached hydrogen (secondary N) is 2. The van der Waals surface area contributed by atoms with Gasteiger partial charge in [0.2, 0.25) is 5.91 Å². The summed E-state index contributed by atoms with van der Waals surface area (Å²) < 4.78 is 5.28. The number of amides is 1.